The maximum absolute atomic E-state index is 8.37. The monoisotopic (exact) mass is 441 g/mol. The number of nitrogens with one attached hydrogen (secondary N) is 1. The van der Waals surface area contributed by atoms with Gasteiger partial charge in [0.2, 0.25) is 5.95 Å². The summed E-state index contributed by atoms with van der Waals surface area (Å²) in [6.45, 7) is 3.69. The van der Waals surface area contributed by atoms with Crippen LogP contribution in [-0.4, -0.2) is 38.2 Å². The number of hydrogen-bond acceptors (Lipinski definition) is 7. The van der Waals surface area contributed by atoms with Crippen molar-refractivity contribution in [2.24, 2.45) is 5.41 Å². The van der Waals surface area contributed by atoms with Crippen molar-refractivity contribution in [2.45, 2.75) is 48.8 Å². The summed E-state index contributed by atoms with van der Waals surface area (Å²) in [5, 5.41) is 8.97. The minimum Gasteiger partial charge on any atom is -0.384 e. The zero-order valence-corrected chi connectivity index (χ0v) is 18.4. The number of aromatic nitrogens is 4. The molecule has 3 aromatic heterocycles. The molecule has 5 rings (SSSR count). The van der Waals surface area contributed by atoms with E-state index in [1.807, 2.05) is 23.7 Å². The van der Waals surface area contributed by atoms with Crippen molar-refractivity contribution in [1.82, 2.24) is 19.4 Å². The van der Waals surface area contributed by atoms with Gasteiger partial charge in [-0.3, -0.25) is 4.40 Å². The third kappa shape index (κ3) is 3.22. The Labute approximate surface area is 184 Å². The fourth-order valence-electron chi connectivity index (χ4n) is 4.74. The van der Waals surface area contributed by atoms with Crippen molar-refractivity contribution in [3.63, 3.8) is 0 Å². The smallest absolute Gasteiger partial charge is 0.211 e. The van der Waals surface area contributed by atoms with Crippen molar-refractivity contribution in [3.05, 3.63) is 35.4 Å². The number of nitrogens with two attached hydrogens (primary N) is 1. The zero-order valence-electron chi connectivity index (χ0n) is 16.9. The highest BCUT2D eigenvalue weighted by molar-refractivity contribution is 7.99. The van der Waals surface area contributed by atoms with Crippen LogP contribution in [0.5, 0.6) is 0 Å². The van der Waals surface area contributed by atoms with E-state index in [1.165, 1.54) is 18.2 Å². The predicted molar refractivity (Wildman–Crippen MR) is 121 cm³/mol. The Bertz CT molecular complexity index is 1130. The van der Waals surface area contributed by atoms with Crippen LogP contribution >= 0.6 is 23.4 Å². The maximum atomic E-state index is 8.37. The fourth-order valence-corrected chi connectivity index (χ4v) is 5.95. The van der Waals surface area contributed by atoms with E-state index in [-0.39, 0.29) is 5.41 Å². The van der Waals surface area contributed by atoms with E-state index < -0.39 is 0 Å². The van der Waals surface area contributed by atoms with Crippen LogP contribution in [0.4, 0.5) is 11.8 Å². The first-order chi connectivity index (χ1) is 14.5. The number of pyridine rings is 1. The van der Waals surface area contributed by atoms with Crippen LogP contribution in [0.25, 0.3) is 5.65 Å². The predicted octanol–water partition coefficient (Wildman–Crippen LogP) is 4.61. The van der Waals surface area contributed by atoms with Gasteiger partial charge >= 0.3 is 0 Å². The summed E-state index contributed by atoms with van der Waals surface area (Å²) >= 11 is 7.96. The number of anilines is 2. The first-order valence-electron chi connectivity index (χ1n) is 10.2. The maximum Gasteiger partial charge on any atom is 0.211 e. The molecule has 30 heavy (non-hydrogen) atoms. The summed E-state index contributed by atoms with van der Waals surface area (Å²) in [5.41, 5.74) is 8.57. The Kier molecular flexibility index (Phi) is 4.86. The second-order valence-electron chi connectivity index (χ2n) is 8.19. The highest BCUT2D eigenvalue weighted by atomic mass is 35.5. The number of fused-ring (bicyclic) bond motifs is 1. The van der Waals surface area contributed by atoms with E-state index in [0.717, 1.165) is 65.9 Å². The Balaban J connectivity index is 1.43. The van der Waals surface area contributed by atoms with Crippen LogP contribution in [0.1, 0.15) is 37.8 Å². The molecule has 0 aromatic carbocycles. The molecule has 9 heteroatoms. The van der Waals surface area contributed by atoms with Crippen molar-refractivity contribution >= 4 is 46.5 Å². The lowest BCUT2D eigenvalue weighted by Crippen LogP contribution is -2.43. The standard InChI is InChI=1S/C21H24ClN7S/c1-13-18(22)14(11-17(24)27-13)30-15-12-26-20(29-10-7-25-19(15)29)28-8-5-21(6-9-28)4-2-3-16(21)23/h7,10-12,23H,2-6,8-9H2,1H3,(H2,24,27). The van der Waals surface area contributed by atoms with Gasteiger partial charge in [0.05, 0.1) is 15.6 Å². The quantitative estimate of drug-likeness (QED) is 0.616. The van der Waals surface area contributed by atoms with Crippen LogP contribution in [-0.2, 0) is 0 Å². The minimum atomic E-state index is 0.135. The zero-order chi connectivity index (χ0) is 20.9. The number of imidazole rings is 1. The third-order valence-corrected chi connectivity index (χ3v) is 8.07. The molecule has 0 unspecified atom stereocenters. The van der Waals surface area contributed by atoms with Gasteiger partial charge in [0.1, 0.15) is 5.82 Å². The van der Waals surface area contributed by atoms with Gasteiger partial charge in [-0.25, -0.2) is 15.0 Å². The molecule has 0 atom stereocenters. The summed E-state index contributed by atoms with van der Waals surface area (Å²) in [5.74, 6) is 1.35. The van der Waals surface area contributed by atoms with Gasteiger partial charge in [-0.15, -0.1) is 0 Å². The normalized spacial score (nSPS) is 18.6. The van der Waals surface area contributed by atoms with E-state index in [4.69, 9.17) is 27.7 Å². The van der Waals surface area contributed by atoms with Crippen LogP contribution in [0.3, 0.4) is 0 Å². The molecule has 0 amide bonds. The van der Waals surface area contributed by atoms with E-state index >= 15 is 0 Å². The number of rotatable bonds is 3. The highest BCUT2D eigenvalue weighted by Gasteiger charge is 2.41. The summed E-state index contributed by atoms with van der Waals surface area (Å²) in [6, 6.07) is 1.79. The summed E-state index contributed by atoms with van der Waals surface area (Å²) in [4.78, 5) is 17.7. The lowest BCUT2D eigenvalue weighted by Gasteiger charge is -2.40. The second kappa shape index (κ2) is 7.42. The molecule has 4 heterocycles. The van der Waals surface area contributed by atoms with Gasteiger partial charge in [-0.1, -0.05) is 23.4 Å². The first-order valence-corrected chi connectivity index (χ1v) is 11.4. The first kappa shape index (κ1) is 19.6. The molecule has 1 spiro atoms. The number of halogens is 1. The topological polar surface area (TPSA) is 96.2 Å². The van der Waals surface area contributed by atoms with Crippen LogP contribution in [0.2, 0.25) is 5.02 Å². The Morgan fingerprint density at radius 3 is 2.73 bits per heavy atom. The molecule has 1 aliphatic carbocycles. The molecule has 7 nitrogen and oxygen atoms in total. The van der Waals surface area contributed by atoms with Crippen molar-refractivity contribution in [3.8, 4) is 0 Å². The van der Waals surface area contributed by atoms with E-state index in [9.17, 15) is 0 Å². The molecule has 0 radical (unpaired) electrons. The van der Waals surface area contributed by atoms with Gasteiger partial charge in [0.25, 0.3) is 0 Å². The Morgan fingerprint density at radius 1 is 1.20 bits per heavy atom. The van der Waals surface area contributed by atoms with E-state index in [2.05, 4.69) is 14.9 Å². The van der Waals surface area contributed by atoms with Gasteiger partial charge in [0, 0.05) is 47.7 Å². The van der Waals surface area contributed by atoms with Crippen LogP contribution < -0.4 is 10.6 Å². The average Bonchev–Trinajstić information content (AvgIpc) is 3.35. The molecule has 3 aromatic rings. The Morgan fingerprint density at radius 2 is 2.00 bits per heavy atom. The number of piperidine rings is 1. The average molecular weight is 442 g/mol. The molecular formula is C21H24ClN7S. The van der Waals surface area contributed by atoms with Crippen molar-refractivity contribution in [1.29, 1.82) is 5.41 Å². The molecule has 1 aliphatic heterocycles. The molecule has 3 N–H and O–H groups in total. The minimum absolute atomic E-state index is 0.135. The number of nitrogen functional groups attached to an aromatic ring is 1. The SMILES string of the molecule is Cc1nc(N)cc(Sc2cnc(N3CCC4(CCCC4=N)CC3)n3ccnc23)c1Cl. The van der Waals surface area contributed by atoms with Crippen LogP contribution in [0.15, 0.2) is 34.4 Å². The fraction of sp³-hybridized carbons (Fsp3) is 0.429. The van der Waals surface area contributed by atoms with Crippen LogP contribution in [0, 0.1) is 17.7 Å². The van der Waals surface area contributed by atoms with Crippen molar-refractivity contribution in [2.75, 3.05) is 23.7 Å². The summed E-state index contributed by atoms with van der Waals surface area (Å²) in [6.07, 6.45) is 11.0. The number of hydrogen-bond donors (Lipinski definition) is 2. The molecule has 2 aliphatic rings. The molecular weight excluding hydrogens is 418 g/mol. The molecule has 1 saturated carbocycles. The van der Waals surface area contributed by atoms with Gasteiger partial charge < -0.3 is 16.0 Å². The highest BCUT2D eigenvalue weighted by Crippen LogP contribution is 2.44. The Hall–Kier alpha value is -2.32. The van der Waals surface area contributed by atoms with Gasteiger partial charge in [-0.05, 0) is 45.1 Å². The molecule has 2 fully saturated rings. The van der Waals surface area contributed by atoms with Gasteiger partial charge in [-0.2, -0.15) is 0 Å². The van der Waals surface area contributed by atoms with Crippen molar-refractivity contribution < 1.29 is 0 Å². The van der Waals surface area contributed by atoms with E-state index in [0.29, 0.717) is 16.5 Å². The molecule has 156 valence electrons. The summed E-state index contributed by atoms with van der Waals surface area (Å²) in [7, 11) is 0. The lowest BCUT2D eigenvalue weighted by atomic mass is 9.76. The summed E-state index contributed by atoms with van der Waals surface area (Å²) < 4.78 is 2.05. The number of aryl methyl sites for hydroxylation is 1. The lowest BCUT2D eigenvalue weighted by molar-refractivity contribution is 0.316. The molecule has 1 saturated heterocycles. The largest absolute Gasteiger partial charge is 0.384 e. The third-order valence-electron chi connectivity index (χ3n) is 6.43. The van der Waals surface area contributed by atoms with E-state index in [1.54, 1.807) is 12.3 Å². The second-order valence-corrected chi connectivity index (χ2v) is 9.65. The van der Waals surface area contributed by atoms with Gasteiger partial charge in [0.15, 0.2) is 5.65 Å². The number of nitrogens with zero attached hydrogens (tertiary/aromatic N) is 5. The molecule has 0 bridgehead atoms.